The summed E-state index contributed by atoms with van der Waals surface area (Å²) < 4.78 is 5.51. The quantitative estimate of drug-likeness (QED) is 0.684. The molecule has 21 heavy (non-hydrogen) atoms. The van der Waals surface area contributed by atoms with Crippen LogP contribution in [0.4, 0.5) is 5.69 Å². The molecular weight excluding hydrogens is 274 g/mol. The number of ether oxygens (including phenoxy) is 1. The maximum atomic E-state index is 11.0. The van der Waals surface area contributed by atoms with Crippen molar-refractivity contribution >= 4 is 11.7 Å². The van der Waals surface area contributed by atoms with Gasteiger partial charge in [-0.3, -0.25) is 10.1 Å². The van der Waals surface area contributed by atoms with Crippen molar-refractivity contribution in [2.45, 2.75) is 13.8 Å². The predicted octanol–water partition coefficient (Wildman–Crippen LogP) is 3.70. The fourth-order valence-electron chi connectivity index (χ4n) is 1.92. The lowest BCUT2D eigenvalue weighted by atomic mass is 10.1. The van der Waals surface area contributed by atoms with Crippen LogP contribution in [0.1, 0.15) is 21.5 Å². The van der Waals surface area contributed by atoms with Gasteiger partial charge in [0.2, 0.25) is 5.75 Å². The second-order valence-corrected chi connectivity index (χ2v) is 4.61. The lowest BCUT2D eigenvalue weighted by molar-refractivity contribution is -0.385. The Bertz CT molecular complexity index is 724. The third-order valence-corrected chi connectivity index (χ3v) is 2.97. The zero-order valence-electron chi connectivity index (χ0n) is 11.5. The summed E-state index contributed by atoms with van der Waals surface area (Å²) in [4.78, 5) is 21.5. The van der Waals surface area contributed by atoms with E-state index in [1.54, 1.807) is 19.9 Å². The Balaban J connectivity index is 2.37. The number of aromatic carboxylic acids is 1. The molecule has 0 aromatic heterocycles. The van der Waals surface area contributed by atoms with Crippen LogP contribution in [0.25, 0.3) is 0 Å². The van der Waals surface area contributed by atoms with Crippen LogP contribution >= 0.6 is 0 Å². The summed E-state index contributed by atoms with van der Waals surface area (Å²) in [6, 6.07) is 9.07. The zero-order valence-corrected chi connectivity index (χ0v) is 11.5. The lowest BCUT2D eigenvalue weighted by Gasteiger charge is -2.09. The van der Waals surface area contributed by atoms with Crippen LogP contribution in [0.15, 0.2) is 36.4 Å². The number of aryl methyl sites for hydroxylation is 2. The molecule has 1 N–H and O–H groups in total. The molecule has 0 atom stereocenters. The summed E-state index contributed by atoms with van der Waals surface area (Å²) in [5.74, 6) is -0.558. The molecule has 0 radical (unpaired) electrons. The average Bonchev–Trinajstić information content (AvgIpc) is 2.40. The molecule has 2 aromatic rings. The van der Waals surface area contributed by atoms with Crippen molar-refractivity contribution < 1.29 is 19.6 Å². The van der Waals surface area contributed by atoms with Gasteiger partial charge in [0.25, 0.3) is 0 Å². The molecule has 108 valence electrons. The molecule has 0 unspecified atom stereocenters. The molecule has 0 aliphatic rings. The van der Waals surface area contributed by atoms with E-state index in [1.165, 1.54) is 30.3 Å². The molecule has 0 bridgehead atoms. The molecule has 0 heterocycles. The van der Waals surface area contributed by atoms with Gasteiger partial charge in [-0.05, 0) is 49.2 Å². The number of benzene rings is 2. The summed E-state index contributed by atoms with van der Waals surface area (Å²) in [5.41, 5.74) is 1.32. The van der Waals surface area contributed by atoms with E-state index in [0.29, 0.717) is 11.3 Å². The third kappa shape index (κ3) is 3.17. The molecule has 6 nitrogen and oxygen atoms in total. The molecule has 0 saturated heterocycles. The van der Waals surface area contributed by atoms with Crippen LogP contribution < -0.4 is 4.74 Å². The average molecular weight is 287 g/mol. The van der Waals surface area contributed by atoms with Gasteiger partial charge in [-0.2, -0.15) is 0 Å². The van der Waals surface area contributed by atoms with E-state index in [0.717, 1.165) is 5.56 Å². The Kier molecular flexibility index (Phi) is 3.89. The van der Waals surface area contributed by atoms with Gasteiger partial charge in [0.1, 0.15) is 5.75 Å². The second-order valence-electron chi connectivity index (χ2n) is 4.61. The Morgan fingerprint density at radius 3 is 2.48 bits per heavy atom. The van der Waals surface area contributed by atoms with E-state index in [-0.39, 0.29) is 17.0 Å². The van der Waals surface area contributed by atoms with Gasteiger partial charge >= 0.3 is 11.7 Å². The maximum Gasteiger partial charge on any atom is 0.335 e. The molecule has 0 aliphatic heterocycles. The van der Waals surface area contributed by atoms with E-state index in [2.05, 4.69) is 0 Å². The van der Waals surface area contributed by atoms with Crippen molar-refractivity contribution in [1.29, 1.82) is 0 Å². The minimum atomic E-state index is -1.03. The highest BCUT2D eigenvalue weighted by molar-refractivity contribution is 5.89. The van der Waals surface area contributed by atoms with Gasteiger partial charge in [0, 0.05) is 6.07 Å². The molecule has 6 heteroatoms. The van der Waals surface area contributed by atoms with Crippen molar-refractivity contribution in [2.75, 3.05) is 0 Å². The van der Waals surface area contributed by atoms with E-state index >= 15 is 0 Å². The number of hydrogen-bond donors (Lipinski definition) is 1. The molecule has 2 rings (SSSR count). The molecule has 0 fully saturated rings. The molecule has 0 spiro atoms. The molecular formula is C15H13NO5. The number of nitro benzene ring substituents is 1. The minimum Gasteiger partial charge on any atom is -0.478 e. The van der Waals surface area contributed by atoms with Crippen LogP contribution in [0.2, 0.25) is 0 Å². The number of nitrogens with zero attached hydrogens (tertiary/aromatic N) is 1. The van der Waals surface area contributed by atoms with Gasteiger partial charge in [0.15, 0.2) is 0 Å². The van der Waals surface area contributed by atoms with Crippen LogP contribution in [-0.4, -0.2) is 16.0 Å². The number of nitro groups is 1. The van der Waals surface area contributed by atoms with Crippen molar-refractivity contribution in [3.63, 3.8) is 0 Å². The van der Waals surface area contributed by atoms with Gasteiger partial charge in [-0.1, -0.05) is 6.07 Å². The van der Waals surface area contributed by atoms with Crippen molar-refractivity contribution in [2.24, 2.45) is 0 Å². The number of carboxylic acids is 1. The van der Waals surface area contributed by atoms with Crippen LogP contribution in [0, 0.1) is 24.0 Å². The first-order valence-electron chi connectivity index (χ1n) is 6.15. The van der Waals surface area contributed by atoms with Gasteiger partial charge < -0.3 is 9.84 Å². The van der Waals surface area contributed by atoms with E-state index in [1.807, 2.05) is 0 Å². The third-order valence-electron chi connectivity index (χ3n) is 2.97. The van der Waals surface area contributed by atoms with Crippen LogP contribution in [-0.2, 0) is 0 Å². The predicted molar refractivity (Wildman–Crippen MR) is 76.0 cm³/mol. The molecule has 2 aromatic carbocycles. The molecule has 0 saturated carbocycles. The molecule has 0 aliphatic carbocycles. The monoisotopic (exact) mass is 287 g/mol. The van der Waals surface area contributed by atoms with E-state index in [9.17, 15) is 14.9 Å². The Hall–Kier alpha value is -2.89. The highest BCUT2D eigenvalue weighted by Gasteiger charge is 2.16. The lowest BCUT2D eigenvalue weighted by Crippen LogP contribution is -2.00. The first-order valence-corrected chi connectivity index (χ1v) is 6.15. The van der Waals surface area contributed by atoms with E-state index < -0.39 is 10.9 Å². The first kappa shape index (κ1) is 14.5. The van der Waals surface area contributed by atoms with Gasteiger partial charge in [-0.25, -0.2) is 4.79 Å². The highest BCUT2D eigenvalue weighted by Crippen LogP contribution is 2.32. The fraction of sp³-hybridized carbons (Fsp3) is 0.133. The summed E-state index contributed by atoms with van der Waals surface area (Å²) in [5, 5.41) is 20.0. The first-order chi connectivity index (χ1) is 9.88. The number of rotatable bonds is 4. The summed E-state index contributed by atoms with van der Waals surface area (Å²) >= 11 is 0. The van der Waals surface area contributed by atoms with Crippen molar-refractivity contribution in [3.05, 3.63) is 63.2 Å². The summed E-state index contributed by atoms with van der Waals surface area (Å²) in [6.07, 6.45) is 0. The van der Waals surface area contributed by atoms with Crippen molar-refractivity contribution in [1.82, 2.24) is 0 Å². The summed E-state index contributed by atoms with van der Waals surface area (Å²) in [6.45, 7) is 3.39. The zero-order chi connectivity index (χ0) is 15.6. The maximum absolute atomic E-state index is 11.0. The van der Waals surface area contributed by atoms with Crippen molar-refractivity contribution in [3.8, 4) is 11.5 Å². The highest BCUT2D eigenvalue weighted by atomic mass is 16.6. The number of carboxylic acid groups (broad SMARTS) is 1. The normalized spacial score (nSPS) is 10.2. The Morgan fingerprint density at radius 1 is 1.19 bits per heavy atom. The van der Waals surface area contributed by atoms with Crippen LogP contribution in [0.5, 0.6) is 11.5 Å². The van der Waals surface area contributed by atoms with Crippen LogP contribution in [0.3, 0.4) is 0 Å². The Morgan fingerprint density at radius 2 is 1.90 bits per heavy atom. The number of hydrogen-bond acceptors (Lipinski definition) is 4. The summed E-state index contributed by atoms with van der Waals surface area (Å²) in [7, 11) is 0. The van der Waals surface area contributed by atoms with Gasteiger partial charge in [-0.15, -0.1) is 0 Å². The SMILES string of the molecule is Cc1ccc(Oc2ccc(C(=O)O)c(C)c2)c([N+](=O)[O-])c1. The smallest absolute Gasteiger partial charge is 0.335 e. The fourth-order valence-corrected chi connectivity index (χ4v) is 1.92. The minimum absolute atomic E-state index is 0.119. The largest absolute Gasteiger partial charge is 0.478 e. The Labute approximate surface area is 120 Å². The van der Waals surface area contributed by atoms with E-state index in [4.69, 9.17) is 9.84 Å². The standard InChI is InChI=1S/C15H13NO5/c1-9-3-6-14(13(7-9)16(19)20)21-11-4-5-12(15(17)18)10(2)8-11/h3-8H,1-2H3,(H,17,18). The topological polar surface area (TPSA) is 89.7 Å². The van der Waals surface area contributed by atoms with Gasteiger partial charge in [0.05, 0.1) is 10.5 Å². The number of carbonyl (C=O) groups is 1. The molecule has 0 amide bonds. The second kappa shape index (κ2) is 5.62.